The Balaban J connectivity index is 0.00000288. The number of guanidine groups is 1. The summed E-state index contributed by atoms with van der Waals surface area (Å²) < 4.78 is 10.6. The Morgan fingerprint density at radius 3 is 2.75 bits per heavy atom. The average molecular weight is 443 g/mol. The number of para-hydroxylation sites is 1. The number of aliphatic imine (C=N–C) groups is 1. The zero-order chi connectivity index (χ0) is 16.5. The van der Waals surface area contributed by atoms with Gasteiger partial charge >= 0.3 is 0 Å². The van der Waals surface area contributed by atoms with Crippen LogP contribution in [0.2, 0.25) is 0 Å². The Morgan fingerprint density at radius 2 is 2.08 bits per heavy atom. The highest BCUT2D eigenvalue weighted by atomic mass is 127. The molecule has 24 heavy (non-hydrogen) atoms. The Labute approximate surface area is 158 Å². The fourth-order valence-corrected chi connectivity index (χ4v) is 1.91. The molecule has 0 aliphatic carbocycles. The SMILES string of the molecule is C=CCOc1ccccc1CNC(=NC)NCc1noc(C)n1.I. The van der Waals surface area contributed by atoms with Crippen molar-refractivity contribution in [1.29, 1.82) is 0 Å². The van der Waals surface area contributed by atoms with E-state index in [1.807, 2.05) is 24.3 Å². The molecule has 2 aromatic rings. The van der Waals surface area contributed by atoms with Crippen LogP contribution in [0.1, 0.15) is 17.3 Å². The predicted molar refractivity (Wildman–Crippen MR) is 104 cm³/mol. The Hall–Kier alpha value is -2.10. The second-order valence-electron chi connectivity index (χ2n) is 4.72. The van der Waals surface area contributed by atoms with E-state index in [9.17, 15) is 0 Å². The molecule has 1 aromatic heterocycles. The molecule has 0 amide bonds. The summed E-state index contributed by atoms with van der Waals surface area (Å²) in [5.41, 5.74) is 1.03. The van der Waals surface area contributed by atoms with E-state index in [4.69, 9.17) is 9.26 Å². The summed E-state index contributed by atoms with van der Waals surface area (Å²) in [6.07, 6.45) is 1.72. The van der Waals surface area contributed by atoms with Crippen LogP contribution >= 0.6 is 24.0 Å². The van der Waals surface area contributed by atoms with Gasteiger partial charge in [0.2, 0.25) is 5.89 Å². The van der Waals surface area contributed by atoms with E-state index < -0.39 is 0 Å². The maximum Gasteiger partial charge on any atom is 0.223 e. The number of aromatic nitrogens is 2. The Morgan fingerprint density at radius 1 is 1.33 bits per heavy atom. The summed E-state index contributed by atoms with van der Waals surface area (Å²) in [6, 6.07) is 7.84. The quantitative estimate of drug-likeness (QED) is 0.296. The highest BCUT2D eigenvalue weighted by Crippen LogP contribution is 2.17. The van der Waals surface area contributed by atoms with E-state index in [-0.39, 0.29) is 24.0 Å². The fourth-order valence-electron chi connectivity index (χ4n) is 1.91. The monoisotopic (exact) mass is 443 g/mol. The number of halogens is 1. The van der Waals surface area contributed by atoms with Gasteiger partial charge in [0.25, 0.3) is 0 Å². The lowest BCUT2D eigenvalue weighted by atomic mass is 10.2. The van der Waals surface area contributed by atoms with E-state index in [2.05, 4.69) is 32.3 Å². The minimum Gasteiger partial charge on any atom is -0.489 e. The zero-order valence-electron chi connectivity index (χ0n) is 13.8. The van der Waals surface area contributed by atoms with Crippen LogP contribution in [0.3, 0.4) is 0 Å². The molecule has 0 aliphatic rings. The van der Waals surface area contributed by atoms with Gasteiger partial charge in [-0.2, -0.15) is 4.98 Å². The summed E-state index contributed by atoms with van der Waals surface area (Å²) in [6.45, 7) is 6.90. The summed E-state index contributed by atoms with van der Waals surface area (Å²) in [5.74, 6) is 2.59. The van der Waals surface area contributed by atoms with Gasteiger partial charge in [-0.15, -0.1) is 24.0 Å². The molecular weight excluding hydrogens is 421 g/mol. The van der Waals surface area contributed by atoms with Gasteiger partial charge in [0.15, 0.2) is 11.8 Å². The maximum absolute atomic E-state index is 5.63. The molecule has 0 unspecified atom stereocenters. The van der Waals surface area contributed by atoms with Crippen molar-refractivity contribution in [3.8, 4) is 5.75 Å². The van der Waals surface area contributed by atoms with Crippen LogP contribution in [0.5, 0.6) is 5.75 Å². The predicted octanol–water partition coefficient (Wildman–Crippen LogP) is 2.43. The van der Waals surface area contributed by atoms with Crippen molar-refractivity contribution in [2.75, 3.05) is 13.7 Å². The van der Waals surface area contributed by atoms with Crippen molar-refractivity contribution in [2.45, 2.75) is 20.0 Å². The summed E-state index contributed by atoms with van der Waals surface area (Å²) in [5, 5.41) is 10.2. The Bertz CT molecular complexity index is 672. The van der Waals surface area contributed by atoms with Gasteiger partial charge < -0.3 is 19.9 Å². The first kappa shape index (κ1) is 19.9. The molecule has 0 bridgehead atoms. The van der Waals surface area contributed by atoms with E-state index in [0.717, 1.165) is 11.3 Å². The van der Waals surface area contributed by atoms with Crippen molar-refractivity contribution in [3.63, 3.8) is 0 Å². The molecule has 1 aromatic carbocycles. The fraction of sp³-hybridized carbons (Fsp3) is 0.312. The summed E-state index contributed by atoms with van der Waals surface area (Å²) in [4.78, 5) is 8.30. The second kappa shape index (κ2) is 10.6. The largest absolute Gasteiger partial charge is 0.489 e. The van der Waals surface area contributed by atoms with Gasteiger partial charge in [-0.3, -0.25) is 4.99 Å². The van der Waals surface area contributed by atoms with Crippen molar-refractivity contribution in [1.82, 2.24) is 20.8 Å². The van der Waals surface area contributed by atoms with Crippen LogP contribution in [0, 0.1) is 6.92 Å². The molecule has 0 atom stereocenters. The van der Waals surface area contributed by atoms with E-state index in [1.54, 1.807) is 20.0 Å². The Kier molecular flexibility index (Phi) is 8.84. The lowest BCUT2D eigenvalue weighted by Crippen LogP contribution is -2.36. The third-order valence-corrected chi connectivity index (χ3v) is 2.98. The van der Waals surface area contributed by atoms with Gasteiger partial charge in [-0.05, 0) is 6.07 Å². The van der Waals surface area contributed by atoms with E-state index in [1.165, 1.54) is 0 Å². The number of nitrogens with one attached hydrogen (secondary N) is 2. The number of nitrogens with zero attached hydrogens (tertiary/aromatic N) is 3. The number of ether oxygens (including phenoxy) is 1. The van der Waals surface area contributed by atoms with Crippen molar-refractivity contribution in [3.05, 3.63) is 54.2 Å². The molecule has 0 saturated carbocycles. The van der Waals surface area contributed by atoms with Crippen LogP contribution in [0.4, 0.5) is 0 Å². The van der Waals surface area contributed by atoms with Crippen LogP contribution < -0.4 is 15.4 Å². The first-order chi connectivity index (χ1) is 11.2. The van der Waals surface area contributed by atoms with Crippen LogP contribution in [-0.2, 0) is 13.1 Å². The lowest BCUT2D eigenvalue weighted by Gasteiger charge is -2.13. The molecule has 8 heteroatoms. The highest BCUT2D eigenvalue weighted by Gasteiger charge is 2.06. The van der Waals surface area contributed by atoms with Gasteiger partial charge in [-0.1, -0.05) is 36.0 Å². The second-order valence-corrected chi connectivity index (χ2v) is 4.72. The van der Waals surface area contributed by atoms with Crippen molar-refractivity contribution in [2.24, 2.45) is 4.99 Å². The topological polar surface area (TPSA) is 84.6 Å². The van der Waals surface area contributed by atoms with Gasteiger partial charge in [0.05, 0.1) is 6.54 Å². The molecule has 0 saturated heterocycles. The highest BCUT2D eigenvalue weighted by molar-refractivity contribution is 14.0. The summed E-state index contributed by atoms with van der Waals surface area (Å²) in [7, 11) is 1.71. The third kappa shape index (κ3) is 6.19. The number of aryl methyl sites for hydroxylation is 1. The third-order valence-electron chi connectivity index (χ3n) is 2.98. The normalized spacial score (nSPS) is 10.7. The minimum absolute atomic E-state index is 0. The van der Waals surface area contributed by atoms with Crippen LogP contribution in [-0.4, -0.2) is 29.8 Å². The number of hydrogen-bond acceptors (Lipinski definition) is 5. The number of rotatable bonds is 7. The molecule has 0 spiro atoms. The molecule has 0 fully saturated rings. The van der Waals surface area contributed by atoms with Gasteiger partial charge in [0.1, 0.15) is 12.4 Å². The first-order valence-electron chi connectivity index (χ1n) is 7.28. The van der Waals surface area contributed by atoms with Crippen LogP contribution in [0.15, 0.2) is 46.4 Å². The number of hydrogen-bond donors (Lipinski definition) is 2. The van der Waals surface area contributed by atoms with Crippen molar-refractivity contribution < 1.29 is 9.26 Å². The smallest absolute Gasteiger partial charge is 0.223 e. The molecule has 130 valence electrons. The molecule has 2 rings (SSSR count). The first-order valence-corrected chi connectivity index (χ1v) is 7.28. The molecule has 0 aliphatic heterocycles. The lowest BCUT2D eigenvalue weighted by molar-refractivity contribution is 0.358. The van der Waals surface area contributed by atoms with E-state index in [0.29, 0.717) is 37.4 Å². The number of benzene rings is 1. The molecular formula is C16H22IN5O2. The maximum atomic E-state index is 5.63. The van der Waals surface area contributed by atoms with Gasteiger partial charge in [0, 0.05) is 26.1 Å². The molecule has 1 heterocycles. The van der Waals surface area contributed by atoms with Crippen molar-refractivity contribution >= 4 is 29.9 Å². The molecule has 2 N–H and O–H groups in total. The van der Waals surface area contributed by atoms with E-state index >= 15 is 0 Å². The summed E-state index contributed by atoms with van der Waals surface area (Å²) >= 11 is 0. The van der Waals surface area contributed by atoms with Gasteiger partial charge in [-0.25, -0.2) is 0 Å². The molecule has 7 nitrogen and oxygen atoms in total. The standard InChI is InChI=1S/C16H21N5O2.HI/c1-4-9-22-14-8-6-5-7-13(14)10-18-16(17-3)19-11-15-20-12(2)23-21-15;/h4-8H,1,9-11H2,2-3H3,(H2,17,18,19);1H. The zero-order valence-corrected chi connectivity index (χ0v) is 16.1. The average Bonchev–Trinajstić information content (AvgIpc) is 2.99. The molecule has 0 radical (unpaired) electrons. The minimum atomic E-state index is 0. The van der Waals surface area contributed by atoms with Crippen LogP contribution in [0.25, 0.3) is 0 Å².